The van der Waals surface area contributed by atoms with E-state index in [1.165, 1.54) is 0 Å². The van der Waals surface area contributed by atoms with Gasteiger partial charge < -0.3 is 9.84 Å². The molecule has 0 fully saturated rings. The van der Waals surface area contributed by atoms with Crippen molar-refractivity contribution in [3.8, 4) is 5.88 Å². The summed E-state index contributed by atoms with van der Waals surface area (Å²) >= 11 is 0. The van der Waals surface area contributed by atoms with Gasteiger partial charge in [-0.3, -0.25) is 4.79 Å². The molecule has 0 amide bonds. The molecule has 0 saturated carbocycles. The molecular formula is C14H17NO3. The van der Waals surface area contributed by atoms with Crippen molar-refractivity contribution < 1.29 is 14.6 Å². The summed E-state index contributed by atoms with van der Waals surface area (Å²) in [4.78, 5) is 15.9. The molecule has 0 spiro atoms. The third kappa shape index (κ3) is 2.43. The Morgan fingerprint density at radius 3 is 2.89 bits per heavy atom. The van der Waals surface area contributed by atoms with Crippen LogP contribution in [0.4, 0.5) is 0 Å². The lowest BCUT2D eigenvalue weighted by Gasteiger charge is -2.26. The minimum Gasteiger partial charge on any atom is -0.481 e. The van der Waals surface area contributed by atoms with Crippen molar-refractivity contribution in [1.82, 2.24) is 4.98 Å². The average Bonchev–Trinajstić information content (AvgIpc) is 2.38. The minimum atomic E-state index is -0.0170. The molecule has 0 bridgehead atoms. The van der Waals surface area contributed by atoms with Gasteiger partial charge >= 0.3 is 0 Å². The summed E-state index contributed by atoms with van der Waals surface area (Å²) in [6, 6.07) is 3.72. The van der Waals surface area contributed by atoms with Crippen molar-refractivity contribution in [3.63, 3.8) is 0 Å². The van der Waals surface area contributed by atoms with Crippen molar-refractivity contribution >= 4 is 5.78 Å². The van der Waals surface area contributed by atoms with Crippen LogP contribution in [-0.2, 0) is 4.79 Å². The fourth-order valence-corrected chi connectivity index (χ4v) is 2.38. The molecule has 1 aliphatic rings. The fourth-order valence-electron chi connectivity index (χ4n) is 2.38. The number of aromatic nitrogens is 1. The van der Waals surface area contributed by atoms with Crippen LogP contribution in [0.25, 0.3) is 0 Å². The molecule has 1 heterocycles. The van der Waals surface area contributed by atoms with Gasteiger partial charge in [0.25, 0.3) is 0 Å². The summed E-state index contributed by atoms with van der Waals surface area (Å²) in [5, 5.41) is 9.39. The Morgan fingerprint density at radius 2 is 2.28 bits per heavy atom. The zero-order valence-electron chi connectivity index (χ0n) is 10.6. The van der Waals surface area contributed by atoms with E-state index in [9.17, 15) is 9.90 Å². The molecule has 1 aromatic heterocycles. The second kappa shape index (κ2) is 5.31. The number of ether oxygens (including phenoxy) is 1. The number of hydrogen-bond acceptors (Lipinski definition) is 4. The van der Waals surface area contributed by atoms with Gasteiger partial charge in [0.15, 0.2) is 5.78 Å². The Bertz CT molecular complexity index is 482. The van der Waals surface area contributed by atoms with Crippen LogP contribution in [0.15, 0.2) is 24.3 Å². The Balaban J connectivity index is 2.35. The van der Waals surface area contributed by atoms with Gasteiger partial charge in [0.05, 0.1) is 7.11 Å². The first-order valence-electron chi connectivity index (χ1n) is 5.99. The van der Waals surface area contributed by atoms with Crippen molar-refractivity contribution in [3.05, 3.63) is 35.5 Å². The van der Waals surface area contributed by atoms with Crippen LogP contribution in [0, 0.1) is 12.8 Å². The normalized spacial score (nSPS) is 23.2. The minimum absolute atomic E-state index is 0.00547. The number of allylic oxidation sites excluding steroid dienone is 1. The first-order chi connectivity index (χ1) is 8.65. The largest absolute Gasteiger partial charge is 0.481 e. The number of carbonyl (C=O) groups excluding carboxylic acids is 1. The highest BCUT2D eigenvalue weighted by atomic mass is 16.5. The Kier molecular flexibility index (Phi) is 3.77. The molecule has 1 N–H and O–H groups in total. The van der Waals surface area contributed by atoms with Gasteiger partial charge in [-0.25, -0.2) is 4.98 Å². The van der Waals surface area contributed by atoms with E-state index in [0.29, 0.717) is 12.3 Å². The Labute approximate surface area is 106 Å². The van der Waals surface area contributed by atoms with Crippen molar-refractivity contribution in [1.29, 1.82) is 0 Å². The van der Waals surface area contributed by atoms with Gasteiger partial charge in [0, 0.05) is 36.6 Å². The van der Waals surface area contributed by atoms with Gasteiger partial charge in [0.1, 0.15) is 0 Å². The molecule has 0 aliphatic heterocycles. The summed E-state index contributed by atoms with van der Waals surface area (Å²) < 4.78 is 5.07. The average molecular weight is 247 g/mol. The number of hydrogen-bond donors (Lipinski definition) is 1. The predicted molar refractivity (Wildman–Crippen MR) is 67.6 cm³/mol. The highest BCUT2D eigenvalue weighted by molar-refractivity contribution is 5.91. The van der Waals surface area contributed by atoms with Gasteiger partial charge in [0.2, 0.25) is 5.88 Å². The summed E-state index contributed by atoms with van der Waals surface area (Å²) in [6.07, 6.45) is 3.78. The van der Waals surface area contributed by atoms with Gasteiger partial charge in [-0.1, -0.05) is 12.1 Å². The molecule has 2 atom stereocenters. The van der Waals surface area contributed by atoms with Crippen LogP contribution < -0.4 is 4.74 Å². The third-order valence-electron chi connectivity index (χ3n) is 3.39. The summed E-state index contributed by atoms with van der Waals surface area (Å²) in [7, 11) is 1.57. The Hall–Kier alpha value is -1.68. The fraction of sp³-hybridized carbons (Fsp3) is 0.429. The SMILES string of the molecule is COc1ccc(C2CC(=O)C=CC2CO)c(C)n1. The second-order valence-electron chi connectivity index (χ2n) is 4.51. The van der Waals surface area contributed by atoms with E-state index < -0.39 is 0 Å². The molecule has 18 heavy (non-hydrogen) atoms. The van der Waals surface area contributed by atoms with Crippen molar-refractivity contribution in [2.75, 3.05) is 13.7 Å². The maximum absolute atomic E-state index is 11.5. The maximum Gasteiger partial charge on any atom is 0.213 e. The molecular weight excluding hydrogens is 230 g/mol. The standard InChI is InChI=1S/C14H17NO3/c1-9-12(5-6-14(15-9)18-2)13-7-11(17)4-3-10(13)8-16/h3-6,10,13,16H,7-8H2,1-2H3. The maximum atomic E-state index is 11.5. The zero-order valence-corrected chi connectivity index (χ0v) is 10.6. The zero-order chi connectivity index (χ0) is 13.1. The van der Waals surface area contributed by atoms with Gasteiger partial charge in [-0.2, -0.15) is 0 Å². The number of aliphatic hydroxyl groups is 1. The number of nitrogens with zero attached hydrogens (tertiary/aromatic N) is 1. The van der Waals surface area contributed by atoms with E-state index in [-0.39, 0.29) is 24.2 Å². The van der Waals surface area contributed by atoms with Crippen molar-refractivity contribution in [2.24, 2.45) is 5.92 Å². The summed E-state index contributed by atoms with van der Waals surface area (Å²) in [5.41, 5.74) is 1.86. The predicted octanol–water partition coefficient (Wildman–Crippen LogP) is 1.62. The van der Waals surface area contributed by atoms with Crippen molar-refractivity contribution in [2.45, 2.75) is 19.3 Å². The van der Waals surface area contributed by atoms with E-state index >= 15 is 0 Å². The first-order valence-corrected chi connectivity index (χ1v) is 5.99. The van der Waals surface area contributed by atoms with Crippen LogP contribution >= 0.6 is 0 Å². The van der Waals surface area contributed by atoms with Crippen LogP contribution in [0.2, 0.25) is 0 Å². The van der Waals surface area contributed by atoms with Crippen LogP contribution in [-0.4, -0.2) is 29.6 Å². The molecule has 2 unspecified atom stereocenters. The molecule has 96 valence electrons. The quantitative estimate of drug-likeness (QED) is 0.881. The molecule has 2 rings (SSSR count). The topological polar surface area (TPSA) is 59.4 Å². The molecule has 0 aromatic carbocycles. The first kappa shape index (κ1) is 12.8. The highest BCUT2D eigenvalue weighted by Gasteiger charge is 2.27. The lowest BCUT2D eigenvalue weighted by Crippen LogP contribution is -2.22. The number of aryl methyl sites for hydroxylation is 1. The second-order valence-corrected chi connectivity index (χ2v) is 4.51. The van der Waals surface area contributed by atoms with E-state index in [0.717, 1.165) is 11.3 Å². The number of carbonyl (C=O) groups is 1. The molecule has 0 radical (unpaired) electrons. The van der Waals surface area contributed by atoms with E-state index in [4.69, 9.17) is 4.74 Å². The van der Waals surface area contributed by atoms with Gasteiger partial charge in [-0.05, 0) is 18.6 Å². The van der Waals surface area contributed by atoms with Gasteiger partial charge in [-0.15, -0.1) is 0 Å². The van der Waals surface area contributed by atoms with Crippen LogP contribution in [0.5, 0.6) is 5.88 Å². The van der Waals surface area contributed by atoms with E-state index in [1.54, 1.807) is 25.3 Å². The monoisotopic (exact) mass is 247 g/mol. The molecule has 0 saturated heterocycles. The number of pyridine rings is 1. The molecule has 1 aliphatic carbocycles. The van der Waals surface area contributed by atoms with Crippen LogP contribution in [0.1, 0.15) is 23.6 Å². The lowest BCUT2D eigenvalue weighted by atomic mass is 9.78. The molecule has 4 heteroatoms. The Morgan fingerprint density at radius 1 is 1.50 bits per heavy atom. The van der Waals surface area contributed by atoms with E-state index in [2.05, 4.69) is 4.98 Å². The number of ketones is 1. The third-order valence-corrected chi connectivity index (χ3v) is 3.39. The van der Waals surface area contributed by atoms with Crippen LogP contribution in [0.3, 0.4) is 0 Å². The van der Waals surface area contributed by atoms with E-state index in [1.807, 2.05) is 13.0 Å². The number of methoxy groups -OCH3 is 1. The number of aliphatic hydroxyl groups excluding tert-OH is 1. The molecule has 4 nitrogen and oxygen atoms in total. The molecule has 1 aromatic rings. The number of rotatable bonds is 3. The summed E-state index contributed by atoms with van der Waals surface area (Å²) in [6.45, 7) is 1.94. The highest BCUT2D eigenvalue weighted by Crippen LogP contribution is 2.34. The summed E-state index contributed by atoms with van der Waals surface area (Å²) in [5.74, 6) is 0.650. The smallest absolute Gasteiger partial charge is 0.213 e. The lowest BCUT2D eigenvalue weighted by molar-refractivity contribution is -0.115.